The van der Waals surface area contributed by atoms with Gasteiger partial charge >= 0.3 is 5.97 Å². The van der Waals surface area contributed by atoms with E-state index in [0.717, 1.165) is 5.56 Å². The van der Waals surface area contributed by atoms with E-state index in [1.165, 1.54) is 7.11 Å². The minimum absolute atomic E-state index is 0.355. The van der Waals surface area contributed by atoms with E-state index in [-0.39, 0.29) is 0 Å². The first-order chi connectivity index (χ1) is 12.1. The Morgan fingerprint density at radius 2 is 2.00 bits per heavy atom. The van der Waals surface area contributed by atoms with Crippen molar-refractivity contribution in [1.29, 1.82) is 0 Å². The summed E-state index contributed by atoms with van der Waals surface area (Å²) in [6.07, 6.45) is 1.67. The molecule has 0 radical (unpaired) electrons. The first-order valence-electron chi connectivity index (χ1n) is 7.71. The summed E-state index contributed by atoms with van der Waals surface area (Å²) < 4.78 is 10.8. The fourth-order valence-corrected chi connectivity index (χ4v) is 2.76. The number of carbonyl (C=O) groups excluding carboxylic acids is 1. The van der Waals surface area contributed by atoms with Gasteiger partial charge in [-0.05, 0) is 30.7 Å². The summed E-state index contributed by atoms with van der Waals surface area (Å²) in [7, 11) is 1.53. The van der Waals surface area contributed by atoms with Gasteiger partial charge in [0.1, 0.15) is 5.71 Å². The van der Waals surface area contributed by atoms with Crippen LogP contribution >= 0.6 is 11.6 Å². The Labute approximate surface area is 150 Å². The lowest BCUT2D eigenvalue weighted by atomic mass is 10.0. The fourth-order valence-electron chi connectivity index (χ4n) is 2.49. The Balaban J connectivity index is 2.03. The number of hydrogen-bond donors (Lipinski definition) is 0. The van der Waals surface area contributed by atoms with Gasteiger partial charge in [0, 0.05) is 5.56 Å². The molecule has 6 heteroatoms. The van der Waals surface area contributed by atoms with E-state index in [0.29, 0.717) is 40.0 Å². The summed E-state index contributed by atoms with van der Waals surface area (Å²) in [4.78, 5) is 16.9. The number of ether oxygens (including phenoxy) is 2. The maximum atomic E-state index is 12.1. The van der Waals surface area contributed by atoms with Crippen molar-refractivity contribution in [3.05, 3.63) is 64.2 Å². The number of rotatable bonds is 5. The molecule has 0 atom stereocenters. The third kappa shape index (κ3) is 3.51. The Bertz CT molecular complexity index is 859. The van der Waals surface area contributed by atoms with E-state index in [2.05, 4.69) is 5.16 Å². The van der Waals surface area contributed by atoms with Crippen molar-refractivity contribution in [2.75, 3.05) is 13.7 Å². The second-order valence-corrected chi connectivity index (χ2v) is 5.62. The van der Waals surface area contributed by atoms with Gasteiger partial charge in [-0.25, -0.2) is 4.79 Å². The molecule has 0 saturated heterocycles. The van der Waals surface area contributed by atoms with Gasteiger partial charge in [0.15, 0.2) is 11.5 Å². The lowest BCUT2D eigenvalue weighted by Crippen LogP contribution is -2.06. The standard InChI is InChI=1S/C19H16ClNO4/c1-3-24-18-15(20)10-12(11-16(18)23-2)9-14-17(21-25-19(14)22)13-7-5-4-6-8-13/h4-11H,3H2,1-2H3/b14-9-. The van der Waals surface area contributed by atoms with Crippen LogP contribution in [0.1, 0.15) is 18.1 Å². The second kappa shape index (κ2) is 7.40. The predicted octanol–water partition coefficient (Wildman–Crippen LogP) is 4.09. The summed E-state index contributed by atoms with van der Waals surface area (Å²) in [5, 5.41) is 4.29. The molecule has 1 heterocycles. The average Bonchev–Trinajstić information content (AvgIpc) is 2.98. The number of halogens is 1. The van der Waals surface area contributed by atoms with E-state index in [1.54, 1.807) is 18.2 Å². The summed E-state index contributed by atoms with van der Waals surface area (Å²) in [5.74, 6) is 0.452. The molecule has 0 aliphatic carbocycles. The van der Waals surface area contributed by atoms with Crippen LogP contribution in [0, 0.1) is 0 Å². The van der Waals surface area contributed by atoms with Crippen LogP contribution in [-0.4, -0.2) is 25.4 Å². The van der Waals surface area contributed by atoms with Crippen molar-refractivity contribution < 1.29 is 19.1 Å². The van der Waals surface area contributed by atoms with E-state index in [9.17, 15) is 4.79 Å². The molecular formula is C19H16ClNO4. The molecule has 0 aromatic heterocycles. The van der Waals surface area contributed by atoms with Crippen molar-refractivity contribution in [3.8, 4) is 11.5 Å². The quantitative estimate of drug-likeness (QED) is 0.597. The molecule has 0 N–H and O–H groups in total. The molecule has 5 nitrogen and oxygen atoms in total. The number of carbonyl (C=O) groups is 1. The number of hydrogen-bond acceptors (Lipinski definition) is 5. The van der Waals surface area contributed by atoms with Crippen LogP contribution in [0.4, 0.5) is 0 Å². The molecule has 0 saturated carbocycles. The van der Waals surface area contributed by atoms with E-state index >= 15 is 0 Å². The summed E-state index contributed by atoms with van der Waals surface area (Å²) in [6, 6.07) is 12.8. The lowest BCUT2D eigenvalue weighted by Gasteiger charge is -2.12. The highest BCUT2D eigenvalue weighted by Gasteiger charge is 2.27. The third-order valence-electron chi connectivity index (χ3n) is 3.59. The van der Waals surface area contributed by atoms with Gasteiger partial charge in [0.2, 0.25) is 0 Å². The first-order valence-corrected chi connectivity index (χ1v) is 8.09. The van der Waals surface area contributed by atoms with Crippen molar-refractivity contribution in [2.45, 2.75) is 6.92 Å². The molecule has 25 heavy (non-hydrogen) atoms. The Hall–Kier alpha value is -2.79. The van der Waals surface area contributed by atoms with Gasteiger partial charge in [-0.3, -0.25) is 0 Å². The highest BCUT2D eigenvalue weighted by Crippen LogP contribution is 2.37. The molecular weight excluding hydrogens is 342 g/mol. The van der Waals surface area contributed by atoms with Crippen LogP contribution in [0.2, 0.25) is 5.02 Å². The molecule has 0 spiro atoms. The van der Waals surface area contributed by atoms with Gasteiger partial charge in [0.25, 0.3) is 0 Å². The highest BCUT2D eigenvalue weighted by atomic mass is 35.5. The number of oxime groups is 1. The Morgan fingerprint density at radius 3 is 2.68 bits per heavy atom. The second-order valence-electron chi connectivity index (χ2n) is 5.21. The molecule has 1 aliphatic rings. The minimum atomic E-state index is -0.511. The number of methoxy groups -OCH3 is 1. The Kier molecular flexibility index (Phi) is 5.05. The average molecular weight is 358 g/mol. The monoisotopic (exact) mass is 357 g/mol. The smallest absolute Gasteiger partial charge is 0.368 e. The predicted molar refractivity (Wildman–Crippen MR) is 96.2 cm³/mol. The summed E-state index contributed by atoms with van der Waals surface area (Å²) in [6.45, 7) is 2.33. The van der Waals surface area contributed by atoms with Gasteiger partial charge in [-0.1, -0.05) is 47.1 Å². The normalized spacial score (nSPS) is 15.1. The zero-order valence-corrected chi connectivity index (χ0v) is 14.5. The van der Waals surface area contributed by atoms with Crippen LogP contribution in [-0.2, 0) is 9.63 Å². The van der Waals surface area contributed by atoms with Gasteiger partial charge in [-0.2, -0.15) is 0 Å². The molecule has 0 fully saturated rings. The molecule has 128 valence electrons. The van der Waals surface area contributed by atoms with Crippen LogP contribution < -0.4 is 9.47 Å². The number of nitrogens with zero attached hydrogens (tertiary/aromatic N) is 1. The minimum Gasteiger partial charge on any atom is -0.493 e. The summed E-state index contributed by atoms with van der Waals surface area (Å²) in [5.41, 5.74) is 2.31. The molecule has 2 aromatic carbocycles. The molecule has 0 amide bonds. The first kappa shape index (κ1) is 17.0. The van der Waals surface area contributed by atoms with Gasteiger partial charge in [0.05, 0.1) is 24.3 Å². The van der Waals surface area contributed by atoms with Crippen molar-refractivity contribution in [3.63, 3.8) is 0 Å². The topological polar surface area (TPSA) is 57.1 Å². The SMILES string of the molecule is CCOc1c(Cl)cc(/C=C2\C(=O)ON=C2c2ccccc2)cc1OC. The molecule has 1 aliphatic heterocycles. The summed E-state index contributed by atoms with van der Waals surface area (Å²) >= 11 is 6.29. The maximum Gasteiger partial charge on any atom is 0.368 e. The molecule has 3 rings (SSSR count). The van der Waals surface area contributed by atoms with Gasteiger partial charge < -0.3 is 14.3 Å². The lowest BCUT2D eigenvalue weighted by molar-refractivity contribution is -0.136. The zero-order valence-electron chi connectivity index (χ0n) is 13.8. The van der Waals surface area contributed by atoms with Crippen LogP contribution in [0.15, 0.2) is 53.2 Å². The van der Waals surface area contributed by atoms with Crippen LogP contribution in [0.5, 0.6) is 11.5 Å². The van der Waals surface area contributed by atoms with E-state index in [4.69, 9.17) is 25.9 Å². The van der Waals surface area contributed by atoms with Gasteiger partial charge in [-0.15, -0.1) is 0 Å². The fraction of sp³-hybridized carbons (Fsp3) is 0.158. The van der Waals surface area contributed by atoms with Crippen molar-refractivity contribution in [1.82, 2.24) is 0 Å². The maximum absolute atomic E-state index is 12.1. The largest absolute Gasteiger partial charge is 0.493 e. The number of benzene rings is 2. The molecule has 2 aromatic rings. The van der Waals surface area contributed by atoms with Crippen molar-refractivity contribution >= 4 is 29.4 Å². The van der Waals surface area contributed by atoms with E-state index in [1.807, 2.05) is 37.3 Å². The Morgan fingerprint density at radius 1 is 1.24 bits per heavy atom. The van der Waals surface area contributed by atoms with Crippen molar-refractivity contribution in [2.24, 2.45) is 5.16 Å². The van der Waals surface area contributed by atoms with Crippen LogP contribution in [0.25, 0.3) is 6.08 Å². The molecule has 0 bridgehead atoms. The highest BCUT2D eigenvalue weighted by molar-refractivity contribution is 6.33. The third-order valence-corrected chi connectivity index (χ3v) is 3.87. The zero-order chi connectivity index (χ0) is 17.8. The van der Waals surface area contributed by atoms with Crippen LogP contribution in [0.3, 0.4) is 0 Å². The molecule has 0 unspecified atom stereocenters. The van der Waals surface area contributed by atoms with E-state index < -0.39 is 5.97 Å².